The largest absolute Gasteiger partial charge is 0.390 e. The molecule has 2 unspecified atom stereocenters. The molecular formula is C10H21NO. The first-order chi connectivity index (χ1) is 5.60. The van der Waals surface area contributed by atoms with Gasteiger partial charge in [-0.1, -0.05) is 19.8 Å². The van der Waals surface area contributed by atoms with Crippen LogP contribution < -0.4 is 5.73 Å². The van der Waals surface area contributed by atoms with Gasteiger partial charge in [-0.25, -0.2) is 0 Å². The average molecular weight is 171 g/mol. The van der Waals surface area contributed by atoms with Gasteiger partial charge in [0.2, 0.25) is 0 Å². The van der Waals surface area contributed by atoms with Gasteiger partial charge in [-0.05, 0) is 38.1 Å². The Labute approximate surface area is 75.2 Å². The third kappa shape index (κ3) is 2.46. The molecule has 0 aromatic heterocycles. The van der Waals surface area contributed by atoms with Gasteiger partial charge in [-0.15, -0.1) is 0 Å². The minimum absolute atomic E-state index is 0.276. The van der Waals surface area contributed by atoms with Crippen molar-refractivity contribution in [2.75, 3.05) is 6.54 Å². The van der Waals surface area contributed by atoms with Crippen LogP contribution in [0.15, 0.2) is 0 Å². The first-order valence-corrected chi connectivity index (χ1v) is 5.02. The molecular weight excluding hydrogens is 150 g/mol. The molecule has 1 aliphatic rings. The fourth-order valence-corrected chi connectivity index (χ4v) is 1.93. The van der Waals surface area contributed by atoms with E-state index in [1.807, 2.05) is 6.92 Å². The number of aliphatic hydroxyl groups is 1. The molecule has 12 heavy (non-hydrogen) atoms. The van der Waals surface area contributed by atoms with Gasteiger partial charge in [0, 0.05) is 0 Å². The second kappa shape index (κ2) is 3.75. The van der Waals surface area contributed by atoms with Crippen LogP contribution in [-0.4, -0.2) is 17.3 Å². The first kappa shape index (κ1) is 10.0. The Morgan fingerprint density at radius 1 is 1.58 bits per heavy atom. The lowest BCUT2D eigenvalue weighted by Crippen LogP contribution is -2.39. The van der Waals surface area contributed by atoms with Gasteiger partial charge in [0.25, 0.3) is 0 Å². The van der Waals surface area contributed by atoms with Crippen molar-refractivity contribution in [2.45, 2.75) is 45.1 Å². The molecule has 1 aliphatic carbocycles. The molecule has 0 amide bonds. The van der Waals surface area contributed by atoms with Crippen LogP contribution in [0.5, 0.6) is 0 Å². The molecule has 0 aliphatic heterocycles. The Morgan fingerprint density at radius 2 is 2.17 bits per heavy atom. The maximum atomic E-state index is 10.1. The lowest BCUT2D eigenvalue weighted by Gasteiger charge is -2.31. The van der Waals surface area contributed by atoms with E-state index in [-0.39, 0.29) is 5.92 Å². The maximum absolute atomic E-state index is 10.1. The smallest absolute Gasteiger partial charge is 0.0662 e. The number of hydrogen-bond acceptors (Lipinski definition) is 2. The quantitative estimate of drug-likeness (QED) is 0.659. The molecule has 0 aromatic carbocycles. The molecule has 0 saturated heterocycles. The summed E-state index contributed by atoms with van der Waals surface area (Å²) in [7, 11) is 0. The van der Waals surface area contributed by atoms with Crippen molar-refractivity contribution in [3.8, 4) is 0 Å². The molecule has 0 heterocycles. The second-order valence-corrected chi connectivity index (χ2v) is 4.35. The van der Waals surface area contributed by atoms with E-state index in [0.29, 0.717) is 6.54 Å². The van der Waals surface area contributed by atoms with Crippen molar-refractivity contribution in [3.05, 3.63) is 0 Å². The van der Waals surface area contributed by atoms with E-state index in [1.54, 1.807) is 0 Å². The molecule has 0 bridgehead atoms. The summed E-state index contributed by atoms with van der Waals surface area (Å²) >= 11 is 0. The zero-order chi connectivity index (χ0) is 9.19. The lowest BCUT2D eigenvalue weighted by atomic mass is 9.83. The van der Waals surface area contributed by atoms with E-state index in [4.69, 9.17) is 5.73 Å². The van der Waals surface area contributed by atoms with E-state index >= 15 is 0 Å². The molecule has 0 aromatic rings. The molecule has 1 rings (SSSR count). The average Bonchev–Trinajstić information content (AvgIpc) is 2.72. The molecule has 2 heteroatoms. The number of nitrogens with two attached hydrogens (primary N) is 1. The van der Waals surface area contributed by atoms with Crippen molar-refractivity contribution in [3.63, 3.8) is 0 Å². The van der Waals surface area contributed by atoms with E-state index in [0.717, 1.165) is 18.8 Å². The Morgan fingerprint density at radius 3 is 2.50 bits per heavy atom. The first-order valence-electron chi connectivity index (χ1n) is 5.02. The van der Waals surface area contributed by atoms with Gasteiger partial charge in [0.1, 0.15) is 0 Å². The van der Waals surface area contributed by atoms with Crippen molar-refractivity contribution < 1.29 is 5.11 Å². The van der Waals surface area contributed by atoms with E-state index in [1.165, 1.54) is 12.8 Å². The van der Waals surface area contributed by atoms with Crippen LogP contribution in [0.25, 0.3) is 0 Å². The van der Waals surface area contributed by atoms with Crippen molar-refractivity contribution in [1.82, 2.24) is 0 Å². The summed E-state index contributed by atoms with van der Waals surface area (Å²) < 4.78 is 0. The van der Waals surface area contributed by atoms with E-state index < -0.39 is 5.60 Å². The molecule has 72 valence electrons. The molecule has 2 nitrogen and oxygen atoms in total. The zero-order valence-electron chi connectivity index (χ0n) is 8.21. The van der Waals surface area contributed by atoms with Gasteiger partial charge in [-0.2, -0.15) is 0 Å². The Hall–Kier alpha value is -0.0800. The number of rotatable bonds is 5. The highest BCUT2D eigenvalue weighted by Crippen LogP contribution is 2.39. The van der Waals surface area contributed by atoms with Gasteiger partial charge in [0.15, 0.2) is 0 Å². The summed E-state index contributed by atoms with van der Waals surface area (Å²) in [5, 5.41) is 10.1. The minimum atomic E-state index is -0.523. The van der Waals surface area contributed by atoms with Crippen LogP contribution in [0, 0.1) is 11.8 Å². The predicted molar refractivity (Wildman–Crippen MR) is 50.8 cm³/mol. The fourth-order valence-electron chi connectivity index (χ4n) is 1.93. The van der Waals surface area contributed by atoms with Gasteiger partial charge in [0.05, 0.1) is 5.60 Å². The third-order valence-electron chi connectivity index (χ3n) is 3.06. The monoisotopic (exact) mass is 171 g/mol. The van der Waals surface area contributed by atoms with Gasteiger partial charge >= 0.3 is 0 Å². The highest BCUT2D eigenvalue weighted by Gasteiger charge is 2.36. The maximum Gasteiger partial charge on any atom is 0.0662 e. The molecule has 0 radical (unpaired) electrons. The molecule has 3 N–H and O–H groups in total. The van der Waals surface area contributed by atoms with Gasteiger partial charge < -0.3 is 10.8 Å². The summed E-state index contributed by atoms with van der Waals surface area (Å²) in [6.07, 6.45) is 4.53. The van der Waals surface area contributed by atoms with Crippen molar-refractivity contribution >= 4 is 0 Å². The normalized spacial score (nSPS) is 25.0. The molecule has 1 saturated carbocycles. The van der Waals surface area contributed by atoms with Crippen LogP contribution in [0.2, 0.25) is 0 Å². The fraction of sp³-hybridized carbons (Fsp3) is 1.00. The molecule has 0 spiro atoms. The summed E-state index contributed by atoms with van der Waals surface area (Å²) in [5.41, 5.74) is 5.08. The highest BCUT2D eigenvalue weighted by atomic mass is 16.3. The molecule has 2 atom stereocenters. The zero-order valence-corrected chi connectivity index (χ0v) is 8.21. The SMILES string of the molecule is CCC(CN)C(C)(O)CC1CC1. The lowest BCUT2D eigenvalue weighted by molar-refractivity contribution is -0.0117. The Bertz CT molecular complexity index is 137. The number of hydrogen-bond donors (Lipinski definition) is 2. The van der Waals surface area contributed by atoms with E-state index in [2.05, 4.69) is 6.92 Å². The third-order valence-corrected chi connectivity index (χ3v) is 3.06. The van der Waals surface area contributed by atoms with E-state index in [9.17, 15) is 5.11 Å². The Balaban J connectivity index is 2.41. The van der Waals surface area contributed by atoms with Crippen LogP contribution >= 0.6 is 0 Å². The predicted octanol–water partition coefficient (Wildman–Crippen LogP) is 1.52. The summed E-state index contributed by atoms with van der Waals surface area (Å²) in [6.45, 7) is 4.64. The second-order valence-electron chi connectivity index (χ2n) is 4.35. The molecule has 1 fully saturated rings. The topological polar surface area (TPSA) is 46.2 Å². The Kier molecular flexibility index (Phi) is 3.13. The summed E-state index contributed by atoms with van der Waals surface area (Å²) in [5.74, 6) is 1.05. The van der Waals surface area contributed by atoms with Gasteiger partial charge in [-0.3, -0.25) is 0 Å². The van der Waals surface area contributed by atoms with Crippen LogP contribution in [0.3, 0.4) is 0 Å². The highest BCUT2D eigenvalue weighted by molar-refractivity contribution is 4.88. The summed E-state index contributed by atoms with van der Waals surface area (Å²) in [6, 6.07) is 0. The van der Waals surface area contributed by atoms with Crippen LogP contribution in [0.1, 0.15) is 39.5 Å². The standard InChI is InChI=1S/C10H21NO/c1-3-9(7-11)10(2,12)6-8-4-5-8/h8-9,12H,3-7,11H2,1-2H3. The summed E-state index contributed by atoms with van der Waals surface area (Å²) in [4.78, 5) is 0. The van der Waals surface area contributed by atoms with Crippen LogP contribution in [-0.2, 0) is 0 Å². The minimum Gasteiger partial charge on any atom is -0.390 e. The van der Waals surface area contributed by atoms with Crippen molar-refractivity contribution in [1.29, 1.82) is 0 Å². The van der Waals surface area contributed by atoms with Crippen molar-refractivity contribution in [2.24, 2.45) is 17.6 Å². The van der Waals surface area contributed by atoms with Crippen LogP contribution in [0.4, 0.5) is 0 Å².